The second-order valence-electron chi connectivity index (χ2n) is 18.4. The molecule has 0 fully saturated rings. The van der Waals surface area contributed by atoms with Crippen LogP contribution in [0.15, 0.2) is 24.3 Å². The van der Waals surface area contributed by atoms with Crippen molar-refractivity contribution in [3.8, 4) is 17.2 Å². The van der Waals surface area contributed by atoms with Crippen LogP contribution in [-0.2, 0) is 0 Å². The number of nitrogens with zero attached hydrogens (tertiary/aromatic N) is 6. The lowest BCUT2D eigenvalue weighted by Crippen LogP contribution is -2.45. The van der Waals surface area contributed by atoms with E-state index < -0.39 is 47.3 Å². The summed E-state index contributed by atoms with van der Waals surface area (Å²) < 4.78 is 0. The molecule has 14 heteroatoms. The lowest BCUT2D eigenvalue weighted by molar-refractivity contribution is 0.0585. The minimum atomic E-state index is -0.752. The third-order valence-electron chi connectivity index (χ3n) is 14.0. The van der Waals surface area contributed by atoms with Crippen molar-refractivity contribution in [2.75, 3.05) is 26.2 Å². The topological polar surface area (TPSA) is 178 Å². The number of unbranched alkanes of at least 4 members (excludes halogenated alkanes) is 12. The lowest BCUT2D eigenvalue weighted by atomic mass is 9.76. The van der Waals surface area contributed by atoms with Crippen molar-refractivity contribution in [2.24, 2.45) is 0 Å². The number of carbonyl (C=O) groups is 8. The van der Waals surface area contributed by atoms with E-state index in [1.807, 2.05) is 27.7 Å². The van der Waals surface area contributed by atoms with Gasteiger partial charge in [0.15, 0.2) is 0 Å². The molecular weight excluding hydrogens is 861 g/mol. The molecule has 0 spiro atoms. The van der Waals surface area contributed by atoms with Crippen LogP contribution in [0.5, 0.6) is 0 Å². The molecular formula is C54H56N6O8. The van der Waals surface area contributed by atoms with Crippen LogP contribution in [0.25, 0.3) is 37.5 Å². The van der Waals surface area contributed by atoms with Crippen molar-refractivity contribution in [3.63, 3.8) is 0 Å². The van der Waals surface area contributed by atoms with Crippen molar-refractivity contribution >= 4 is 74.5 Å². The highest BCUT2D eigenvalue weighted by Gasteiger charge is 2.46. The smallest absolute Gasteiger partial charge is 0.262 e. The minimum absolute atomic E-state index is 0.00390. The number of nitriles is 1. The van der Waals surface area contributed by atoms with Gasteiger partial charge in [-0.05, 0) is 66.5 Å². The quantitative estimate of drug-likeness (QED) is 0.0447. The maximum atomic E-state index is 15.3. The molecule has 0 aromatic heterocycles. The van der Waals surface area contributed by atoms with E-state index in [0.717, 1.165) is 83.8 Å². The predicted octanol–water partition coefficient (Wildman–Crippen LogP) is 10.8. The van der Waals surface area contributed by atoms with Crippen LogP contribution < -0.4 is 0 Å². The van der Waals surface area contributed by atoms with Crippen LogP contribution in [0.3, 0.4) is 0 Å². The molecule has 0 unspecified atom stereocenters. The number of carbonyl (C=O) groups excluding carboxylic acids is 8. The van der Waals surface area contributed by atoms with Gasteiger partial charge in [-0.3, -0.25) is 58.0 Å². The maximum Gasteiger partial charge on any atom is 0.262 e. The van der Waals surface area contributed by atoms with Gasteiger partial charge < -0.3 is 0 Å². The molecule has 14 nitrogen and oxygen atoms in total. The molecule has 4 heterocycles. The van der Waals surface area contributed by atoms with Gasteiger partial charge >= 0.3 is 0 Å². The van der Waals surface area contributed by atoms with Gasteiger partial charge in [0.2, 0.25) is 5.69 Å². The lowest BCUT2D eigenvalue weighted by Gasteiger charge is -2.36. The molecule has 68 heavy (non-hydrogen) atoms. The Bertz CT molecular complexity index is 2770. The van der Waals surface area contributed by atoms with Crippen LogP contribution in [0.1, 0.15) is 219 Å². The van der Waals surface area contributed by atoms with Gasteiger partial charge in [0.05, 0.1) is 40.0 Å². The van der Waals surface area contributed by atoms with Crippen molar-refractivity contribution in [1.82, 2.24) is 19.6 Å². The number of hydrogen-bond donors (Lipinski definition) is 0. The summed E-state index contributed by atoms with van der Waals surface area (Å²) in [5.41, 5.74) is -0.926. The summed E-state index contributed by atoms with van der Waals surface area (Å²) in [7, 11) is 0. The molecule has 0 saturated heterocycles. The second-order valence-corrected chi connectivity index (χ2v) is 18.4. The van der Waals surface area contributed by atoms with Crippen LogP contribution in [-0.4, -0.2) is 93.0 Å². The van der Waals surface area contributed by atoms with E-state index in [2.05, 4.69) is 10.9 Å². The van der Waals surface area contributed by atoms with Gasteiger partial charge in [-0.1, -0.05) is 105 Å². The Labute approximate surface area is 396 Å². The summed E-state index contributed by atoms with van der Waals surface area (Å²) in [5.74, 6) is -5.76. The average molecular weight is 917 g/mol. The number of hydrogen-bond acceptors (Lipinski definition) is 9. The van der Waals surface area contributed by atoms with E-state index in [1.54, 1.807) is 0 Å². The summed E-state index contributed by atoms with van der Waals surface area (Å²) in [6.07, 6.45) is 11.8. The minimum Gasteiger partial charge on any atom is -0.275 e. The van der Waals surface area contributed by atoms with Crippen molar-refractivity contribution < 1.29 is 38.4 Å². The van der Waals surface area contributed by atoms with Gasteiger partial charge in [-0.25, -0.2) is 4.85 Å². The molecule has 8 rings (SSSR count). The van der Waals surface area contributed by atoms with Crippen molar-refractivity contribution in [3.05, 3.63) is 85.8 Å². The molecule has 4 aromatic rings. The maximum absolute atomic E-state index is 15.3. The zero-order valence-corrected chi connectivity index (χ0v) is 39.4. The van der Waals surface area contributed by atoms with E-state index in [4.69, 9.17) is 6.57 Å². The van der Waals surface area contributed by atoms with Gasteiger partial charge in [0.25, 0.3) is 47.3 Å². The Morgan fingerprint density at radius 2 is 0.706 bits per heavy atom. The van der Waals surface area contributed by atoms with Crippen molar-refractivity contribution in [2.45, 2.75) is 130 Å². The highest BCUT2D eigenvalue weighted by atomic mass is 16.2. The predicted molar refractivity (Wildman–Crippen MR) is 256 cm³/mol. The fourth-order valence-corrected chi connectivity index (χ4v) is 10.5. The molecule has 0 N–H and O–H groups in total. The summed E-state index contributed by atoms with van der Waals surface area (Å²) in [4.78, 5) is 127. The molecule has 0 atom stereocenters. The molecule has 0 aliphatic carbocycles. The van der Waals surface area contributed by atoms with Crippen LogP contribution in [0.2, 0.25) is 0 Å². The SMILES string of the molecule is [C-]#[N+]c1cc2c3c(c(-c4cc5c6c(c(C#N)cc7c6c4C(=O)N(CCCCCC)C7=O)C(=O)N(CCCCCC)C5=O)cc4c3c1C(=O)N(CCCCCC)C4=O)C(=O)N(CCCCCC)C2=O. The Kier molecular flexibility index (Phi) is 13.7. The zero-order chi connectivity index (χ0) is 48.6. The first-order chi connectivity index (χ1) is 32.9. The number of imide groups is 4. The summed E-state index contributed by atoms with van der Waals surface area (Å²) in [6.45, 7) is 16.5. The van der Waals surface area contributed by atoms with E-state index >= 15 is 9.59 Å². The van der Waals surface area contributed by atoms with E-state index in [9.17, 15) is 34.0 Å². The summed E-state index contributed by atoms with van der Waals surface area (Å²) >= 11 is 0. The molecule has 350 valence electrons. The Balaban J connectivity index is 1.49. The van der Waals surface area contributed by atoms with Crippen LogP contribution >= 0.6 is 0 Å². The molecule has 0 bridgehead atoms. The fraction of sp³-hybridized carbons (Fsp3) is 0.444. The number of rotatable bonds is 21. The monoisotopic (exact) mass is 916 g/mol. The molecule has 4 aliphatic rings. The molecule has 8 amide bonds. The highest BCUT2D eigenvalue weighted by Crippen LogP contribution is 2.50. The first kappa shape index (κ1) is 47.4. The zero-order valence-electron chi connectivity index (χ0n) is 39.4. The summed E-state index contributed by atoms with van der Waals surface area (Å²) in [6, 6.07) is 7.57. The van der Waals surface area contributed by atoms with E-state index in [1.165, 1.54) is 24.3 Å². The molecule has 4 aliphatic heterocycles. The van der Waals surface area contributed by atoms with Gasteiger partial charge in [0.1, 0.15) is 6.07 Å². The highest BCUT2D eigenvalue weighted by molar-refractivity contribution is 6.39. The third kappa shape index (κ3) is 7.64. The molecule has 0 radical (unpaired) electrons. The first-order valence-corrected chi connectivity index (χ1v) is 24.5. The van der Waals surface area contributed by atoms with Crippen molar-refractivity contribution in [1.29, 1.82) is 5.26 Å². The average Bonchev–Trinajstić information content (AvgIpc) is 3.34. The van der Waals surface area contributed by atoms with Crippen LogP contribution in [0, 0.1) is 17.9 Å². The second kappa shape index (κ2) is 19.7. The van der Waals surface area contributed by atoms with E-state index in [-0.39, 0.29) is 115 Å². The van der Waals surface area contributed by atoms with Gasteiger partial charge in [-0.2, -0.15) is 5.26 Å². The Hall–Kier alpha value is -7.06. The standard InChI is InChI=1S/C54H56N6O8/c1-6-10-14-18-22-57-48(62)35-27-32(44-41-34(26-31(30-55)39(40(35)41)51(57)65)47(61)58(52(44)66)23-19-15-11-7-2)33-28-36-43-42-37(50(64)59(53(67)45(33)42)24-20-16-12-8-3)29-38(56-5)46(43)54(68)60(49(36)63)25-21-17-13-9-4/h26-29H,6-25H2,1-4H3. The first-order valence-electron chi connectivity index (χ1n) is 24.5. The molecule has 0 saturated carbocycles. The van der Waals surface area contributed by atoms with Gasteiger partial charge in [-0.15, -0.1) is 0 Å². The van der Waals surface area contributed by atoms with Crippen LogP contribution in [0.4, 0.5) is 5.69 Å². The number of benzene rings is 4. The largest absolute Gasteiger partial charge is 0.275 e. The molecule has 4 aromatic carbocycles. The fourth-order valence-electron chi connectivity index (χ4n) is 10.5. The normalized spacial score (nSPS) is 15.1. The van der Waals surface area contributed by atoms with E-state index in [0.29, 0.717) is 38.5 Å². The Morgan fingerprint density at radius 1 is 0.397 bits per heavy atom. The summed E-state index contributed by atoms with van der Waals surface area (Å²) in [5, 5.41) is 10.5. The Morgan fingerprint density at radius 3 is 1.06 bits per heavy atom. The van der Waals surface area contributed by atoms with Gasteiger partial charge in [0, 0.05) is 59.0 Å². The third-order valence-corrected chi connectivity index (χ3v) is 14.0. The number of amides is 8.